The van der Waals surface area contributed by atoms with Crippen LogP contribution in [0.4, 0.5) is 17.6 Å². The van der Waals surface area contributed by atoms with Crippen molar-refractivity contribution in [3.05, 3.63) is 0 Å². The molecule has 0 rings (SSSR count). The van der Waals surface area contributed by atoms with E-state index in [1.54, 1.807) is 0 Å². The second-order valence-corrected chi connectivity index (χ2v) is 2.66. The van der Waals surface area contributed by atoms with Crippen LogP contribution in [0.2, 0.25) is 0 Å². The fourth-order valence-electron chi connectivity index (χ4n) is 0.924. The van der Waals surface area contributed by atoms with E-state index in [0.29, 0.717) is 0 Å². The Hall–Kier alpha value is -0.280. The maximum Gasteiger partial charge on any atom is 0.391 e. The molecule has 2 unspecified atom stereocenters. The van der Waals surface area contributed by atoms with Gasteiger partial charge >= 0.3 is 6.18 Å². The highest BCUT2D eigenvalue weighted by molar-refractivity contribution is 4.68. The van der Waals surface area contributed by atoms with Crippen molar-refractivity contribution in [2.45, 2.75) is 39.0 Å². The molecule has 0 fully saturated rings. The van der Waals surface area contributed by atoms with Gasteiger partial charge < -0.3 is 0 Å². The third-order valence-electron chi connectivity index (χ3n) is 1.57. The number of hydrogen-bond donors (Lipinski definition) is 0. The van der Waals surface area contributed by atoms with Crippen molar-refractivity contribution in [3.8, 4) is 0 Å². The van der Waals surface area contributed by atoms with Gasteiger partial charge in [0.05, 0.1) is 12.1 Å². The molecule has 0 bridgehead atoms. The summed E-state index contributed by atoms with van der Waals surface area (Å²) in [5.41, 5.74) is 0. The van der Waals surface area contributed by atoms with E-state index in [4.69, 9.17) is 0 Å². The number of alkyl halides is 4. The molecule has 0 aliphatic rings. The van der Waals surface area contributed by atoms with Crippen LogP contribution in [0.25, 0.3) is 0 Å². The Morgan fingerprint density at radius 3 is 1.82 bits per heavy atom. The Balaban J connectivity index is 3.96. The van der Waals surface area contributed by atoms with Crippen LogP contribution in [0.15, 0.2) is 0 Å². The maximum absolute atomic E-state index is 12.2. The molecule has 4 heteroatoms. The van der Waals surface area contributed by atoms with Crippen molar-refractivity contribution < 1.29 is 17.6 Å². The lowest BCUT2D eigenvalue weighted by Gasteiger charge is -2.18. The first-order chi connectivity index (χ1) is 4.88. The van der Waals surface area contributed by atoms with Crippen molar-refractivity contribution in [2.75, 3.05) is 0 Å². The molecule has 0 saturated carbocycles. The van der Waals surface area contributed by atoms with Gasteiger partial charge in [-0.2, -0.15) is 13.2 Å². The molecule has 0 saturated heterocycles. The summed E-state index contributed by atoms with van der Waals surface area (Å²) in [5, 5.41) is 0. The zero-order valence-corrected chi connectivity index (χ0v) is 6.58. The van der Waals surface area contributed by atoms with Gasteiger partial charge in [0.2, 0.25) is 0 Å². The summed E-state index contributed by atoms with van der Waals surface area (Å²) in [6.07, 6.45) is -6.08. The third-order valence-corrected chi connectivity index (χ3v) is 1.57. The van der Waals surface area contributed by atoms with Crippen LogP contribution in [0.5, 0.6) is 0 Å². The van der Waals surface area contributed by atoms with E-state index in [1.807, 2.05) is 0 Å². The Morgan fingerprint density at radius 1 is 1.27 bits per heavy atom. The molecule has 0 aromatic carbocycles. The van der Waals surface area contributed by atoms with Gasteiger partial charge in [-0.3, -0.25) is 0 Å². The van der Waals surface area contributed by atoms with E-state index in [1.165, 1.54) is 6.92 Å². The lowest BCUT2D eigenvalue weighted by atomic mass is 10.00. The largest absolute Gasteiger partial charge is 0.391 e. The summed E-state index contributed by atoms with van der Waals surface area (Å²) in [4.78, 5) is 0. The van der Waals surface area contributed by atoms with Crippen LogP contribution in [0.1, 0.15) is 26.7 Å². The van der Waals surface area contributed by atoms with Gasteiger partial charge in [-0.25, -0.2) is 4.39 Å². The third kappa shape index (κ3) is 4.22. The van der Waals surface area contributed by atoms with Crippen LogP contribution >= 0.6 is 0 Å². The van der Waals surface area contributed by atoms with E-state index >= 15 is 0 Å². The molecule has 0 aliphatic heterocycles. The second-order valence-electron chi connectivity index (χ2n) is 2.66. The predicted molar refractivity (Wildman–Crippen MR) is 35.0 cm³/mol. The number of halogens is 4. The van der Waals surface area contributed by atoms with Gasteiger partial charge in [-0.1, -0.05) is 6.92 Å². The highest BCUT2D eigenvalue weighted by Crippen LogP contribution is 2.32. The monoisotopic (exact) mass is 172 g/mol. The molecule has 0 heterocycles. The van der Waals surface area contributed by atoms with Crippen molar-refractivity contribution in [3.63, 3.8) is 0 Å². The normalized spacial score (nSPS) is 18.0. The minimum Gasteiger partial charge on any atom is -0.248 e. The SMILES string of the molecule is CCC(CC(C)F)C(F)(F)F. The zero-order chi connectivity index (χ0) is 9.07. The van der Waals surface area contributed by atoms with E-state index in [0.717, 1.165) is 6.92 Å². The highest BCUT2D eigenvalue weighted by atomic mass is 19.4. The average Bonchev–Trinajstić information content (AvgIpc) is 1.79. The number of rotatable bonds is 3. The Bertz CT molecular complexity index is 105. The standard InChI is InChI=1S/C7H12F4/c1-3-6(4-5(2)8)7(9,10)11/h5-6H,3-4H2,1-2H3. The minimum atomic E-state index is -4.24. The summed E-state index contributed by atoms with van der Waals surface area (Å²) >= 11 is 0. The molecule has 11 heavy (non-hydrogen) atoms. The van der Waals surface area contributed by atoms with Gasteiger partial charge in [0.25, 0.3) is 0 Å². The van der Waals surface area contributed by atoms with E-state index in [9.17, 15) is 17.6 Å². The van der Waals surface area contributed by atoms with Gasteiger partial charge in [0, 0.05) is 0 Å². The van der Waals surface area contributed by atoms with E-state index in [-0.39, 0.29) is 6.42 Å². The Kier molecular flexibility index (Phi) is 3.83. The quantitative estimate of drug-likeness (QED) is 0.573. The van der Waals surface area contributed by atoms with Gasteiger partial charge in [0.15, 0.2) is 0 Å². The fourth-order valence-corrected chi connectivity index (χ4v) is 0.924. The second kappa shape index (κ2) is 3.93. The van der Waals surface area contributed by atoms with Crippen LogP contribution in [-0.2, 0) is 0 Å². The Morgan fingerprint density at radius 2 is 1.73 bits per heavy atom. The first kappa shape index (κ1) is 10.7. The van der Waals surface area contributed by atoms with Crippen LogP contribution < -0.4 is 0 Å². The lowest BCUT2D eigenvalue weighted by Crippen LogP contribution is -2.24. The topological polar surface area (TPSA) is 0 Å². The molecule has 0 aromatic heterocycles. The zero-order valence-electron chi connectivity index (χ0n) is 6.58. The molecular weight excluding hydrogens is 160 g/mol. The van der Waals surface area contributed by atoms with Gasteiger partial charge in [-0.15, -0.1) is 0 Å². The first-order valence-electron chi connectivity index (χ1n) is 3.58. The van der Waals surface area contributed by atoms with Crippen LogP contribution in [0, 0.1) is 5.92 Å². The molecule has 0 amide bonds. The molecular formula is C7H12F4. The summed E-state index contributed by atoms with van der Waals surface area (Å²) in [6.45, 7) is 2.56. The summed E-state index contributed by atoms with van der Waals surface area (Å²) < 4.78 is 47.9. The van der Waals surface area contributed by atoms with Crippen LogP contribution in [-0.4, -0.2) is 12.3 Å². The minimum absolute atomic E-state index is 0.0439. The number of hydrogen-bond acceptors (Lipinski definition) is 0. The fraction of sp³-hybridized carbons (Fsp3) is 1.00. The van der Waals surface area contributed by atoms with Crippen molar-refractivity contribution in [1.82, 2.24) is 0 Å². The van der Waals surface area contributed by atoms with E-state index < -0.39 is 24.7 Å². The van der Waals surface area contributed by atoms with Gasteiger partial charge in [-0.05, 0) is 19.8 Å². The molecule has 0 spiro atoms. The molecule has 68 valence electrons. The molecule has 0 aliphatic carbocycles. The molecule has 2 atom stereocenters. The highest BCUT2D eigenvalue weighted by Gasteiger charge is 2.38. The predicted octanol–water partition coefficient (Wildman–Crippen LogP) is 3.32. The summed E-state index contributed by atoms with van der Waals surface area (Å²) in [5.74, 6) is -1.48. The van der Waals surface area contributed by atoms with E-state index in [2.05, 4.69) is 0 Å². The molecule has 0 aromatic rings. The smallest absolute Gasteiger partial charge is 0.248 e. The summed E-state index contributed by atoms with van der Waals surface area (Å²) in [6, 6.07) is 0. The van der Waals surface area contributed by atoms with Crippen molar-refractivity contribution in [2.24, 2.45) is 5.92 Å². The van der Waals surface area contributed by atoms with Crippen LogP contribution in [0.3, 0.4) is 0 Å². The first-order valence-corrected chi connectivity index (χ1v) is 3.58. The maximum atomic E-state index is 12.2. The Labute approximate surface area is 63.6 Å². The van der Waals surface area contributed by atoms with Crippen molar-refractivity contribution in [1.29, 1.82) is 0 Å². The summed E-state index contributed by atoms with van der Waals surface area (Å²) in [7, 11) is 0. The molecule has 0 N–H and O–H groups in total. The van der Waals surface area contributed by atoms with Crippen molar-refractivity contribution >= 4 is 0 Å². The average molecular weight is 172 g/mol. The lowest BCUT2D eigenvalue weighted by molar-refractivity contribution is -0.180. The molecule has 0 nitrogen and oxygen atoms in total. The molecule has 0 radical (unpaired) electrons. The van der Waals surface area contributed by atoms with Gasteiger partial charge in [0.1, 0.15) is 0 Å².